The summed E-state index contributed by atoms with van der Waals surface area (Å²) in [5.74, 6) is 0.665. The van der Waals surface area contributed by atoms with E-state index in [1.165, 1.54) is 4.90 Å². The molecule has 4 heteroatoms. The normalized spacial score (nSPS) is 12.4. The molecule has 0 aliphatic carbocycles. The van der Waals surface area contributed by atoms with Gasteiger partial charge in [-0.05, 0) is 43.8 Å². The maximum atomic E-state index is 14.1. The van der Waals surface area contributed by atoms with Gasteiger partial charge in [0.25, 0.3) is 0 Å². The van der Waals surface area contributed by atoms with Crippen molar-refractivity contribution in [1.82, 2.24) is 5.32 Å². The van der Waals surface area contributed by atoms with E-state index < -0.39 is 0 Å². The third-order valence-electron chi connectivity index (χ3n) is 3.21. The van der Waals surface area contributed by atoms with Crippen molar-refractivity contribution < 1.29 is 4.39 Å². The Balaban J connectivity index is 2.11. The minimum absolute atomic E-state index is 0.0172. The molecule has 0 fully saturated rings. The second-order valence-corrected chi connectivity index (χ2v) is 6.91. The summed E-state index contributed by atoms with van der Waals surface area (Å²) in [4.78, 5) is 1.19. The zero-order valence-corrected chi connectivity index (χ0v) is 14.6. The Hall–Kier alpha value is -0.840. The number of halogens is 2. The number of hydrogen-bond donors (Lipinski definition) is 1. The van der Waals surface area contributed by atoms with Gasteiger partial charge in [0.05, 0.1) is 0 Å². The van der Waals surface area contributed by atoms with Crippen LogP contribution in [0.1, 0.15) is 24.1 Å². The molecular formula is C17H19BrFNS. The zero-order chi connectivity index (χ0) is 15.2. The van der Waals surface area contributed by atoms with E-state index in [9.17, 15) is 4.39 Å². The lowest BCUT2D eigenvalue weighted by Crippen LogP contribution is -2.24. The third-order valence-corrected chi connectivity index (χ3v) is 4.84. The summed E-state index contributed by atoms with van der Waals surface area (Å²) in [7, 11) is 0. The van der Waals surface area contributed by atoms with Gasteiger partial charge in [0.1, 0.15) is 5.82 Å². The molecular weight excluding hydrogens is 349 g/mol. The standard InChI is InChI=1S/C17H19BrFNS/c1-3-20-17(15-10-12(2)4-9-16(15)19)11-21-14-7-5-13(18)6-8-14/h4-10,17,20H,3,11H2,1-2H3. The van der Waals surface area contributed by atoms with Crippen molar-refractivity contribution >= 4 is 27.7 Å². The van der Waals surface area contributed by atoms with Gasteiger partial charge in [-0.25, -0.2) is 4.39 Å². The molecule has 0 radical (unpaired) electrons. The minimum Gasteiger partial charge on any atom is -0.309 e. The van der Waals surface area contributed by atoms with Crippen LogP contribution in [0.5, 0.6) is 0 Å². The van der Waals surface area contributed by atoms with Gasteiger partial charge >= 0.3 is 0 Å². The van der Waals surface area contributed by atoms with Crippen molar-refractivity contribution in [3.63, 3.8) is 0 Å². The van der Waals surface area contributed by atoms with Gasteiger partial charge in [-0.15, -0.1) is 11.8 Å². The molecule has 0 saturated carbocycles. The van der Waals surface area contributed by atoms with E-state index in [0.29, 0.717) is 0 Å². The largest absolute Gasteiger partial charge is 0.309 e. The van der Waals surface area contributed by atoms with Crippen LogP contribution in [-0.2, 0) is 0 Å². The molecule has 1 unspecified atom stereocenters. The van der Waals surface area contributed by atoms with Crippen LogP contribution in [0, 0.1) is 12.7 Å². The lowest BCUT2D eigenvalue weighted by atomic mass is 10.0. The highest BCUT2D eigenvalue weighted by atomic mass is 79.9. The van der Waals surface area contributed by atoms with Crippen molar-refractivity contribution in [2.75, 3.05) is 12.3 Å². The van der Waals surface area contributed by atoms with Crippen molar-refractivity contribution in [2.45, 2.75) is 24.8 Å². The molecule has 21 heavy (non-hydrogen) atoms. The van der Waals surface area contributed by atoms with Crippen LogP contribution in [0.4, 0.5) is 4.39 Å². The second-order valence-electron chi connectivity index (χ2n) is 4.90. The molecule has 0 bridgehead atoms. The highest BCUT2D eigenvalue weighted by Crippen LogP contribution is 2.27. The van der Waals surface area contributed by atoms with E-state index in [1.54, 1.807) is 17.8 Å². The Labute approximate surface area is 138 Å². The second kappa shape index (κ2) is 7.97. The Morgan fingerprint density at radius 3 is 2.57 bits per heavy atom. The summed E-state index contributed by atoms with van der Waals surface area (Å²) in [6.07, 6.45) is 0. The summed E-state index contributed by atoms with van der Waals surface area (Å²) in [5.41, 5.74) is 1.84. The zero-order valence-electron chi connectivity index (χ0n) is 12.2. The van der Waals surface area contributed by atoms with Crippen LogP contribution in [0.15, 0.2) is 51.8 Å². The molecule has 2 aromatic rings. The van der Waals surface area contributed by atoms with Gasteiger partial charge in [0.15, 0.2) is 0 Å². The van der Waals surface area contributed by atoms with Crippen LogP contribution in [0.2, 0.25) is 0 Å². The summed E-state index contributed by atoms with van der Waals surface area (Å²) in [6.45, 7) is 4.86. The van der Waals surface area contributed by atoms with E-state index in [1.807, 2.05) is 38.1 Å². The summed E-state index contributed by atoms with van der Waals surface area (Å²) in [5, 5.41) is 3.38. The highest BCUT2D eigenvalue weighted by molar-refractivity contribution is 9.10. The topological polar surface area (TPSA) is 12.0 Å². The Morgan fingerprint density at radius 1 is 1.19 bits per heavy atom. The number of aryl methyl sites for hydroxylation is 1. The molecule has 0 aliphatic heterocycles. The lowest BCUT2D eigenvalue weighted by Gasteiger charge is -2.19. The predicted octanol–water partition coefficient (Wildman–Crippen LogP) is 5.34. The van der Waals surface area contributed by atoms with E-state index in [0.717, 1.165) is 27.9 Å². The monoisotopic (exact) mass is 367 g/mol. The summed E-state index contributed by atoms with van der Waals surface area (Å²) in [6, 6.07) is 13.5. The number of rotatable bonds is 6. The molecule has 0 aromatic heterocycles. The van der Waals surface area contributed by atoms with Crippen LogP contribution in [0.3, 0.4) is 0 Å². The fourth-order valence-electron chi connectivity index (χ4n) is 2.15. The van der Waals surface area contributed by atoms with E-state index in [4.69, 9.17) is 0 Å². The lowest BCUT2D eigenvalue weighted by molar-refractivity contribution is 0.545. The quantitative estimate of drug-likeness (QED) is 0.691. The van der Waals surface area contributed by atoms with E-state index in [-0.39, 0.29) is 11.9 Å². The number of benzene rings is 2. The first kappa shape index (κ1) is 16.5. The molecule has 112 valence electrons. The molecule has 0 spiro atoms. The molecule has 0 aliphatic rings. The maximum absolute atomic E-state index is 14.1. The van der Waals surface area contributed by atoms with Crippen molar-refractivity contribution in [3.8, 4) is 0 Å². The van der Waals surface area contributed by atoms with Crippen molar-refractivity contribution in [3.05, 3.63) is 63.9 Å². The molecule has 1 atom stereocenters. The smallest absolute Gasteiger partial charge is 0.128 e. The Morgan fingerprint density at radius 2 is 1.90 bits per heavy atom. The molecule has 0 heterocycles. The molecule has 1 nitrogen and oxygen atoms in total. The first-order valence-corrected chi connectivity index (χ1v) is 8.76. The summed E-state index contributed by atoms with van der Waals surface area (Å²) < 4.78 is 15.1. The van der Waals surface area contributed by atoms with Crippen molar-refractivity contribution in [1.29, 1.82) is 0 Å². The van der Waals surface area contributed by atoms with E-state index >= 15 is 0 Å². The maximum Gasteiger partial charge on any atom is 0.128 e. The van der Waals surface area contributed by atoms with Crippen LogP contribution < -0.4 is 5.32 Å². The Bertz CT molecular complexity index is 586. The third kappa shape index (κ3) is 4.83. The average Bonchev–Trinajstić information content (AvgIpc) is 2.48. The molecule has 2 rings (SSSR count). The molecule has 0 saturated heterocycles. The van der Waals surface area contributed by atoms with Gasteiger partial charge < -0.3 is 5.32 Å². The molecule has 2 aromatic carbocycles. The molecule has 1 N–H and O–H groups in total. The van der Waals surface area contributed by atoms with Crippen LogP contribution in [0.25, 0.3) is 0 Å². The van der Waals surface area contributed by atoms with E-state index in [2.05, 4.69) is 33.4 Å². The molecule has 0 amide bonds. The Kier molecular flexibility index (Phi) is 6.27. The van der Waals surface area contributed by atoms with Gasteiger partial charge in [-0.1, -0.05) is 40.5 Å². The summed E-state index contributed by atoms with van der Waals surface area (Å²) >= 11 is 5.17. The van der Waals surface area contributed by atoms with Crippen molar-refractivity contribution in [2.24, 2.45) is 0 Å². The van der Waals surface area contributed by atoms with Gasteiger partial charge in [-0.3, -0.25) is 0 Å². The predicted molar refractivity (Wildman–Crippen MR) is 92.4 cm³/mol. The fraction of sp³-hybridized carbons (Fsp3) is 0.294. The minimum atomic E-state index is -0.136. The first-order chi connectivity index (χ1) is 10.1. The fourth-order valence-corrected chi connectivity index (χ4v) is 3.40. The number of nitrogens with one attached hydrogen (secondary N) is 1. The van der Waals surface area contributed by atoms with Gasteiger partial charge in [0.2, 0.25) is 0 Å². The highest BCUT2D eigenvalue weighted by Gasteiger charge is 2.15. The number of hydrogen-bond acceptors (Lipinski definition) is 2. The average molecular weight is 368 g/mol. The van der Waals surface area contributed by atoms with Crippen LogP contribution >= 0.6 is 27.7 Å². The van der Waals surface area contributed by atoms with Gasteiger partial charge in [0, 0.05) is 26.7 Å². The number of thioether (sulfide) groups is 1. The first-order valence-electron chi connectivity index (χ1n) is 6.98. The van der Waals surface area contributed by atoms with Crippen LogP contribution in [-0.4, -0.2) is 12.3 Å². The SMILES string of the molecule is CCNC(CSc1ccc(Br)cc1)c1cc(C)ccc1F. The van der Waals surface area contributed by atoms with Gasteiger partial charge in [-0.2, -0.15) is 0 Å².